The summed E-state index contributed by atoms with van der Waals surface area (Å²) in [6, 6.07) is 22.0. The molecule has 0 unspecified atom stereocenters. The molecule has 3 atom stereocenters. The number of hydrogen-bond donors (Lipinski definition) is 0. The van der Waals surface area contributed by atoms with Crippen LogP contribution in [-0.4, -0.2) is 18.5 Å². The van der Waals surface area contributed by atoms with E-state index in [0.29, 0.717) is 5.92 Å². The number of rotatable bonds is 7. The first-order chi connectivity index (χ1) is 13.2. The molecule has 2 fully saturated rings. The molecule has 2 heteroatoms. The van der Waals surface area contributed by atoms with Crippen LogP contribution in [0.1, 0.15) is 69.4 Å². The zero-order chi connectivity index (χ0) is 18.7. The molecule has 2 nitrogen and oxygen atoms in total. The minimum Gasteiger partial charge on any atom is -0.349 e. The molecule has 1 aliphatic heterocycles. The van der Waals surface area contributed by atoms with Gasteiger partial charge in [-0.1, -0.05) is 74.0 Å². The maximum Gasteiger partial charge on any atom is 0.175 e. The van der Waals surface area contributed by atoms with Crippen LogP contribution in [0.25, 0.3) is 0 Å². The fourth-order valence-electron chi connectivity index (χ4n) is 5.64. The third-order valence-corrected chi connectivity index (χ3v) is 6.68. The Hall–Kier alpha value is -1.64. The molecule has 0 radical (unpaired) electrons. The SMILES string of the molecule is CCC[C@H](C)O[C@@]12CCC[C@]1(C(c1ccccc1)c1ccccc1)CCO2. The molecule has 0 aromatic heterocycles. The van der Waals surface area contributed by atoms with Crippen molar-refractivity contribution in [3.63, 3.8) is 0 Å². The molecule has 0 spiro atoms. The third-order valence-electron chi connectivity index (χ3n) is 6.68. The van der Waals surface area contributed by atoms with Crippen LogP contribution in [0.4, 0.5) is 0 Å². The molecule has 27 heavy (non-hydrogen) atoms. The van der Waals surface area contributed by atoms with E-state index in [9.17, 15) is 0 Å². The van der Waals surface area contributed by atoms with E-state index in [1.807, 2.05) is 0 Å². The van der Waals surface area contributed by atoms with Crippen molar-refractivity contribution in [2.24, 2.45) is 5.41 Å². The summed E-state index contributed by atoms with van der Waals surface area (Å²) >= 11 is 0. The van der Waals surface area contributed by atoms with Crippen LogP contribution in [0.15, 0.2) is 60.7 Å². The predicted octanol–water partition coefficient (Wildman–Crippen LogP) is 6.31. The van der Waals surface area contributed by atoms with E-state index in [1.165, 1.54) is 24.0 Å². The zero-order valence-corrected chi connectivity index (χ0v) is 16.7. The first kappa shape index (κ1) is 18.7. The zero-order valence-electron chi connectivity index (χ0n) is 16.7. The van der Waals surface area contributed by atoms with Crippen molar-refractivity contribution in [1.29, 1.82) is 0 Å². The molecule has 1 heterocycles. The van der Waals surface area contributed by atoms with Crippen molar-refractivity contribution < 1.29 is 9.47 Å². The molecule has 1 saturated heterocycles. The van der Waals surface area contributed by atoms with E-state index in [2.05, 4.69) is 74.5 Å². The van der Waals surface area contributed by atoms with Crippen molar-refractivity contribution in [3.05, 3.63) is 71.8 Å². The van der Waals surface area contributed by atoms with Crippen LogP contribution in [0.3, 0.4) is 0 Å². The molecular weight excluding hydrogens is 332 g/mol. The molecule has 4 rings (SSSR count). The Morgan fingerprint density at radius 2 is 1.56 bits per heavy atom. The molecule has 1 saturated carbocycles. The molecule has 1 aliphatic carbocycles. The summed E-state index contributed by atoms with van der Waals surface area (Å²) in [4.78, 5) is 0. The lowest BCUT2D eigenvalue weighted by molar-refractivity contribution is -0.269. The summed E-state index contributed by atoms with van der Waals surface area (Å²) in [7, 11) is 0. The monoisotopic (exact) mass is 364 g/mol. The van der Waals surface area contributed by atoms with Crippen molar-refractivity contribution in [2.75, 3.05) is 6.61 Å². The molecule has 2 aromatic rings. The number of hydrogen-bond acceptors (Lipinski definition) is 2. The van der Waals surface area contributed by atoms with Crippen LogP contribution in [0.2, 0.25) is 0 Å². The van der Waals surface area contributed by atoms with Gasteiger partial charge in [-0.05, 0) is 43.7 Å². The van der Waals surface area contributed by atoms with Gasteiger partial charge in [0.2, 0.25) is 0 Å². The smallest absolute Gasteiger partial charge is 0.175 e. The highest BCUT2D eigenvalue weighted by Gasteiger charge is 2.64. The standard InChI is InChI=1S/C25H32O2/c1-3-11-20(2)27-25-17-10-16-24(25,18-19-26-25)23(21-12-6-4-7-13-21)22-14-8-5-9-15-22/h4-9,12-15,20,23H,3,10-11,16-19H2,1-2H3/t20-,24+,25-/m0/s1. The predicted molar refractivity (Wildman–Crippen MR) is 110 cm³/mol. The average Bonchev–Trinajstić information content (AvgIpc) is 3.19. The molecule has 2 aromatic carbocycles. The van der Waals surface area contributed by atoms with E-state index in [-0.39, 0.29) is 11.5 Å². The molecule has 0 bridgehead atoms. The first-order valence-electron chi connectivity index (χ1n) is 10.6. The van der Waals surface area contributed by atoms with Crippen LogP contribution >= 0.6 is 0 Å². The van der Waals surface area contributed by atoms with Crippen molar-refractivity contribution in [1.82, 2.24) is 0 Å². The summed E-state index contributed by atoms with van der Waals surface area (Å²) in [5.74, 6) is -0.142. The lowest BCUT2D eigenvalue weighted by Gasteiger charge is -2.46. The van der Waals surface area contributed by atoms with Gasteiger partial charge in [0.15, 0.2) is 5.79 Å². The highest BCUT2D eigenvalue weighted by molar-refractivity contribution is 5.37. The van der Waals surface area contributed by atoms with E-state index in [4.69, 9.17) is 9.47 Å². The average molecular weight is 365 g/mol. The van der Waals surface area contributed by atoms with Crippen LogP contribution in [0, 0.1) is 5.41 Å². The van der Waals surface area contributed by atoms with E-state index >= 15 is 0 Å². The molecule has 0 N–H and O–H groups in total. The highest BCUT2D eigenvalue weighted by Crippen LogP contribution is 2.64. The fraction of sp³-hybridized carbons (Fsp3) is 0.520. The summed E-state index contributed by atoms with van der Waals surface area (Å²) in [6.07, 6.45) is 6.89. The van der Waals surface area contributed by atoms with Crippen molar-refractivity contribution in [2.45, 2.75) is 70.2 Å². The summed E-state index contributed by atoms with van der Waals surface area (Å²) in [5, 5.41) is 0. The van der Waals surface area contributed by atoms with E-state index in [0.717, 1.165) is 32.3 Å². The molecule has 2 aliphatic rings. The van der Waals surface area contributed by atoms with Gasteiger partial charge in [-0.2, -0.15) is 0 Å². The number of fused-ring (bicyclic) bond motifs is 1. The summed E-state index contributed by atoms with van der Waals surface area (Å²) < 4.78 is 13.3. The fourth-order valence-corrected chi connectivity index (χ4v) is 5.64. The van der Waals surface area contributed by atoms with E-state index < -0.39 is 5.79 Å². The number of ether oxygens (including phenoxy) is 2. The van der Waals surface area contributed by atoms with Gasteiger partial charge < -0.3 is 9.47 Å². The molecule has 0 amide bonds. The van der Waals surface area contributed by atoms with Gasteiger partial charge in [-0.25, -0.2) is 0 Å². The first-order valence-corrected chi connectivity index (χ1v) is 10.6. The van der Waals surface area contributed by atoms with Gasteiger partial charge >= 0.3 is 0 Å². The van der Waals surface area contributed by atoms with Crippen LogP contribution < -0.4 is 0 Å². The second kappa shape index (κ2) is 7.77. The Balaban J connectivity index is 1.80. The van der Waals surface area contributed by atoms with Crippen LogP contribution in [0.5, 0.6) is 0 Å². The van der Waals surface area contributed by atoms with E-state index in [1.54, 1.807) is 0 Å². The quantitative estimate of drug-likeness (QED) is 0.573. The topological polar surface area (TPSA) is 18.5 Å². The Labute approximate surface area is 163 Å². The molecular formula is C25H32O2. The summed E-state index contributed by atoms with van der Waals surface area (Å²) in [6.45, 7) is 5.24. The van der Waals surface area contributed by atoms with Gasteiger partial charge in [0.25, 0.3) is 0 Å². The lowest BCUT2D eigenvalue weighted by Crippen LogP contribution is -2.48. The minimum absolute atomic E-state index is 0.0116. The Kier molecular flexibility index (Phi) is 5.39. The normalized spacial score (nSPS) is 28.4. The van der Waals surface area contributed by atoms with Gasteiger partial charge in [0.05, 0.1) is 12.7 Å². The Morgan fingerprint density at radius 1 is 0.926 bits per heavy atom. The molecule has 144 valence electrons. The third kappa shape index (κ3) is 3.23. The number of benzene rings is 2. The second-order valence-electron chi connectivity index (χ2n) is 8.33. The highest BCUT2D eigenvalue weighted by atomic mass is 16.7. The Morgan fingerprint density at radius 3 is 2.15 bits per heavy atom. The maximum absolute atomic E-state index is 6.77. The maximum atomic E-state index is 6.77. The van der Waals surface area contributed by atoms with Crippen molar-refractivity contribution in [3.8, 4) is 0 Å². The van der Waals surface area contributed by atoms with Crippen LogP contribution in [-0.2, 0) is 9.47 Å². The largest absolute Gasteiger partial charge is 0.349 e. The Bertz CT molecular complexity index is 675. The van der Waals surface area contributed by atoms with Gasteiger partial charge in [0, 0.05) is 17.8 Å². The lowest BCUT2D eigenvalue weighted by atomic mass is 9.64. The minimum atomic E-state index is -0.446. The van der Waals surface area contributed by atoms with Gasteiger partial charge in [-0.3, -0.25) is 0 Å². The van der Waals surface area contributed by atoms with Crippen molar-refractivity contribution >= 4 is 0 Å². The summed E-state index contributed by atoms with van der Waals surface area (Å²) in [5.41, 5.74) is 2.77. The van der Waals surface area contributed by atoms with Gasteiger partial charge in [0.1, 0.15) is 0 Å². The van der Waals surface area contributed by atoms with Gasteiger partial charge in [-0.15, -0.1) is 0 Å². The second-order valence-corrected chi connectivity index (χ2v) is 8.33.